The maximum atomic E-state index is 9.60. The maximum Gasteiger partial charge on any atom is 0.118 e. The standard InChI is InChI=1S/C13H14OS/c1-10-6-8-12(15-10)9-7-11-4-2-3-5-13(11)14/h2-6,8,14H,7,9H2,1H3. The van der Waals surface area contributed by atoms with Crippen molar-refractivity contribution in [1.82, 2.24) is 0 Å². The number of rotatable bonds is 3. The zero-order valence-corrected chi connectivity index (χ0v) is 9.55. The molecule has 1 nitrogen and oxygen atoms in total. The fraction of sp³-hybridized carbons (Fsp3) is 0.231. The summed E-state index contributed by atoms with van der Waals surface area (Å²) in [5.41, 5.74) is 1.03. The van der Waals surface area contributed by atoms with Crippen molar-refractivity contribution in [2.45, 2.75) is 19.8 Å². The monoisotopic (exact) mass is 218 g/mol. The van der Waals surface area contributed by atoms with Crippen LogP contribution in [0.15, 0.2) is 36.4 Å². The summed E-state index contributed by atoms with van der Waals surface area (Å²) in [5, 5.41) is 9.60. The van der Waals surface area contributed by atoms with E-state index in [4.69, 9.17) is 0 Å². The highest BCUT2D eigenvalue weighted by atomic mass is 32.1. The van der Waals surface area contributed by atoms with E-state index < -0.39 is 0 Å². The lowest BCUT2D eigenvalue weighted by atomic mass is 10.1. The quantitative estimate of drug-likeness (QED) is 0.835. The second kappa shape index (κ2) is 4.49. The van der Waals surface area contributed by atoms with Crippen molar-refractivity contribution in [3.63, 3.8) is 0 Å². The van der Waals surface area contributed by atoms with Crippen molar-refractivity contribution < 1.29 is 5.11 Å². The molecular weight excluding hydrogens is 204 g/mol. The first-order valence-electron chi connectivity index (χ1n) is 5.08. The molecule has 0 unspecified atom stereocenters. The Labute approximate surface area is 94.0 Å². The van der Waals surface area contributed by atoms with Gasteiger partial charge in [-0.15, -0.1) is 11.3 Å². The molecule has 2 rings (SSSR count). The Morgan fingerprint density at radius 2 is 1.87 bits per heavy atom. The molecule has 1 heterocycles. The Balaban J connectivity index is 2.02. The number of para-hydroxylation sites is 1. The molecule has 15 heavy (non-hydrogen) atoms. The Kier molecular flexibility index (Phi) is 3.07. The first kappa shape index (κ1) is 10.2. The molecule has 0 bridgehead atoms. The molecular formula is C13H14OS. The average Bonchev–Trinajstić information content (AvgIpc) is 2.63. The van der Waals surface area contributed by atoms with Crippen LogP contribution in [-0.2, 0) is 12.8 Å². The van der Waals surface area contributed by atoms with Gasteiger partial charge in [0.1, 0.15) is 5.75 Å². The van der Waals surface area contributed by atoms with Gasteiger partial charge in [-0.1, -0.05) is 18.2 Å². The molecule has 78 valence electrons. The predicted molar refractivity (Wildman–Crippen MR) is 64.6 cm³/mol. The average molecular weight is 218 g/mol. The van der Waals surface area contributed by atoms with Crippen LogP contribution in [0.1, 0.15) is 15.3 Å². The number of phenolic OH excluding ortho intramolecular Hbond substituents is 1. The number of thiophene rings is 1. The molecule has 0 amide bonds. The van der Waals surface area contributed by atoms with E-state index in [0.29, 0.717) is 5.75 Å². The molecule has 1 aromatic heterocycles. The minimum atomic E-state index is 0.408. The molecule has 1 aromatic carbocycles. The van der Waals surface area contributed by atoms with Crippen molar-refractivity contribution in [2.75, 3.05) is 0 Å². The van der Waals surface area contributed by atoms with Crippen molar-refractivity contribution in [3.8, 4) is 5.75 Å². The van der Waals surface area contributed by atoms with Gasteiger partial charge in [-0.3, -0.25) is 0 Å². The van der Waals surface area contributed by atoms with E-state index in [1.54, 1.807) is 6.07 Å². The van der Waals surface area contributed by atoms with Crippen molar-refractivity contribution in [2.24, 2.45) is 0 Å². The van der Waals surface area contributed by atoms with E-state index in [2.05, 4.69) is 19.1 Å². The molecule has 0 radical (unpaired) electrons. The summed E-state index contributed by atoms with van der Waals surface area (Å²) in [6.45, 7) is 2.12. The molecule has 0 aliphatic rings. The van der Waals surface area contributed by atoms with Crippen LogP contribution in [0.5, 0.6) is 5.75 Å². The van der Waals surface area contributed by atoms with Crippen molar-refractivity contribution in [3.05, 3.63) is 51.7 Å². The lowest BCUT2D eigenvalue weighted by Crippen LogP contribution is -1.88. The van der Waals surface area contributed by atoms with E-state index in [9.17, 15) is 5.11 Å². The summed E-state index contributed by atoms with van der Waals surface area (Å²) in [5.74, 6) is 0.408. The molecule has 0 saturated carbocycles. The van der Waals surface area contributed by atoms with Gasteiger partial charge >= 0.3 is 0 Å². The third-order valence-corrected chi connectivity index (χ3v) is 3.49. The lowest BCUT2D eigenvalue weighted by Gasteiger charge is -2.02. The summed E-state index contributed by atoms with van der Waals surface area (Å²) >= 11 is 1.83. The van der Waals surface area contributed by atoms with Crippen LogP contribution in [0, 0.1) is 6.92 Å². The highest BCUT2D eigenvalue weighted by molar-refractivity contribution is 7.11. The Morgan fingerprint density at radius 3 is 2.53 bits per heavy atom. The van der Waals surface area contributed by atoms with Crippen LogP contribution in [0.2, 0.25) is 0 Å². The summed E-state index contributed by atoms with van der Waals surface area (Å²) < 4.78 is 0. The summed E-state index contributed by atoms with van der Waals surface area (Å²) in [4.78, 5) is 2.73. The van der Waals surface area contributed by atoms with Crippen LogP contribution < -0.4 is 0 Å². The molecule has 0 aliphatic heterocycles. The number of benzene rings is 1. The van der Waals surface area contributed by atoms with E-state index in [-0.39, 0.29) is 0 Å². The highest BCUT2D eigenvalue weighted by Crippen LogP contribution is 2.21. The van der Waals surface area contributed by atoms with Gasteiger partial charge in [-0.2, -0.15) is 0 Å². The maximum absolute atomic E-state index is 9.60. The first-order chi connectivity index (χ1) is 7.25. The zero-order chi connectivity index (χ0) is 10.7. The Hall–Kier alpha value is -1.28. The SMILES string of the molecule is Cc1ccc(CCc2ccccc2O)s1. The molecule has 0 fully saturated rings. The van der Waals surface area contributed by atoms with E-state index in [0.717, 1.165) is 18.4 Å². The summed E-state index contributed by atoms with van der Waals surface area (Å²) in [6, 6.07) is 11.9. The van der Waals surface area contributed by atoms with Crippen LogP contribution in [0.4, 0.5) is 0 Å². The van der Waals surface area contributed by atoms with Crippen LogP contribution in [0.25, 0.3) is 0 Å². The summed E-state index contributed by atoms with van der Waals surface area (Å²) in [6.07, 6.45) is 1.92. The Bertz CT molecular complexity index is 445. The zero-order valence-electron chi connectivity index (χ0n) is 8.73. The fourth-order valence-electron chi connectivity index (χ4n) is 1.60. The molecule has 0 aliphatic carbocycles. The number of hydrogen-bond donors (Lipinski definition) is 1. The molecule has 1 N–H and O–H groups in total. The molecule has 0 saturated heterocycles. The smallest absolute Gasteiger partial charge is 0.118 e. The minimum absolute atomic E-state index is 0.408. The van der Waals surface area contributed by atoms with E-state index in [1.165, 1.54) is 9.75 Å². The van der Waals surface area contributed by atoms with Crippen molar-refractivity contribution in [1.29, 1.82) is 0 Å². The molecule has 0 spiro atoms. The van der Waals surface area contributed by atoms with Gasteiger partial charge in [0.2, 0.25) is 0 Å². The first-order valence-corrected chi connectivity index (χ1v) is 5.89. The van der Waals surface area contributed by atoms with Gasteiger partial charge in [-0.05, 0) is 43.5 Å². The number of hydrogen-bond acceptors (Lipinski definition) is 2. The minimum Gasteiger partial charge on any atom is -0.508 e. The van der Waals surface area contributed by atoms with E-state index >= 15 is 0 Å². The lowest BCUT2D eigenvalue weighted by molar-refractivity contribution is 0.468. The van der Waals surface area contributed by atoms with Gasteiger partial charge < -0.3 is 5.11 Å². The van der Waals surface area contributed by atoms with Gasteiger partial charge in [-0.25, -0.2) is 0 Å². The second-order valence-electron chi connectivity index (χ2n) is 3.64. The fourth-order valence-corrected chi connectivity index (χ4v) is 2.49. The van der Waals surface area contributed by atoms with Gasteiger partial charge in [0.15, 0.2) is 0 Å². The number of phenols is 1. The molecule has 0 atom stereocenters. The van der Waals surface area contributed by atoms with Gasteiger partial charge in [0.25, 0.3) is 0 Å². The number of aromatic hydroxyl groups is 1. The number of aryl methyl sites for hydroxylation is 3. The van der Waals surface area contributed by atoms with Crippen LogP contribution in [-0.4, -0.2) is 5.11 Å². The summed E-state index contributed by atoms with van der Waals surface area (Å²) in [7, 11) is 0. The Morgan fingerprint density at radius 1 is 1.07 bits per heavy atom. The molecule has 2 aromatic rings. The molecule has 2 heteroatoms. The van der Waals surface area contributed by atoms with Gasteiger partial charge in [0.05, 0.1) is 0 Å². The normalized spacial score (nSPS) is 10.5. The van der Waals surface area contributed by atoms with Gasteiger partial charge in [0, 0.05) is 9.75 Å². The third-order valence-electron chi connectivity index (χ3n) is 2.43. The predicted octanol–water partition coefficient (Wildman–Crippen LogP) is 3.55. The van der Waals surface area contributed by atoms with Crippen LogP contribution >= 0.6 is 11.3 Å². The largest absolute Gasteiger partial charge is 0.508 e. The topological polar surface area (TPSA) is 20.2 Å². The third kappa shape index (κ3) is 2.60. The second-order valence-corrected chi connectivity index (χ2v) is 5.01. The van der Waals surface area contributed by atoms with Crippen LogP contribution in [0.3, 0.4) is 0 Å². The van der Waals surface area contributed by atoms with E-state index in [1.807, 2.05) is 29.5 Å². The van der Waals surface area contributed by atoms with Crippen molar-refractivity contribution >= 4 is 11.3 Å². The highest BCUT2D eigenvalue weighted by Gasteiger charge is 2.01.